The molecule has 24 heavy (non-hydrogen) atoms. The van der Waals surface area contributed by atoms with Gasteiger partial charge in [0.1, 0.15) is 5.69 Å². The molecular formula is C14H21F3N6S. The molecular weight excluding hydrogens is 341 g/mol. The summed E-state index contributed by atoms with van der Waals surface area (Å²) in [5.41, 5.74) is -0.959. The van der Waals surface area contributed by atoms with Gasteiger partial charge in [-0.25, -0.2) is 9.97 Å². The minimum Gasteiger partial charge on any atom is -0.355 e. The highest BCUT2D eigenvalue weighted by atomic mass is 32.2. The van der Waals surface area contributed by atoms with Crippen LogP contribution in [0.3, 0.4) is 0 Å². The Bertz CT molecular complexity index is 546. The first-order chi connectivity index (χ1) is 11.5. The second kappa shape index (κ2) is 8.95. The maximum Gasteiger partial charge on any atom is 0.433 e. The molecule has 1 aromatic heterocycles. The topological polar surface area (TPSA) is 74.2 Å². The smallest absolute Gasteiger partial charge is 0.355 e. The van der Waals surface area contributed by atoms with Crippen LogP contribution in [-0.4, -0.2) is 53.6 Å². The number of aliphatic imine (C=N–C) groups is 1. The molecule has 0 spiro atoms. The highest BCUT2D eigenvalue weighted by Gasteiger charge is 2.32. The average molecular weight is 362 g/mol. The number of guanidine groups is 1. The lowest BCUT2D eigenvalue weighted by Crippen LogP contribution is -2.41. The van der Waals surface area contributed by atoms with E-state index in [0.29, 0.717) is 24.3 Å². The van der Waals surface area contributed by atoms with Gasteiger partial charge in [-0.2, -0.15) is 24.9 Å². The maximum absolute atomic E-state index is 12.6. The van der Waals surface area contributed by atoms with E-state index >= 15 is 0 Å². The maximum atomic E-state index is 12.6. The number of aromatic nitrogens is 2. The van der Waals surface area contributed by atoms with E-state index in [2.05, 4.69) is 30.9 Å². The van der Waals surface area contributed by atoms with Gasteiger partial charge >= 0.3 is 6.18 Å². The second-order valence-electron chi connectivity index (χ2n) is 5.20. The van der Waals surface area contributed by atoms with Crippen molar-refractivity contribution in [3.8, 4) is 0 Å². The predicted molar refractivity (Wildman–Crippen MR) is 90.4 cm³/mol. The Morgan fingerprint density at radius 1 is 1.38 bits per heavy atom. The van der Waals surface area contributed by atoms with E-state index < -0.39 is 11.9 Å². The van der Waals surface area contributed by atoms with Gasteiger partial charge in [-0.05, 0) is 24.7 Å². The molecule has 2 rings (SSSR count). The van der Waals surface area contributed by atoms with Crippen molar-refractivity contribution in [3.63, 3.8) is 0 Å². The number of nitrogens with one attached hydrogen (secondary N) is 3. The standard InChI is InChI=1S/C14H21F3N6S/c1-18-12(22-9-10-3-2-8-24-10)20-6-7-21-13-19-5-4-11(23-13)14(15,16)17/h4-5,10H,2-3,6-9H2,1H3,(H2,18,20,22)(H,19,21,23). The van der Waals surface area contributed by atoms with Gasteiger partial charge < -0.3 is 16.0 Å². The van der Waals surface area contributed by atoms with Crippen molar-refractivity contribution in [2.45, 2.75) is 24.3 Å². The van der Waals surface area contributed by atoms with E-state index in [4.69, 9.17) is 0 Å². The molecule has 134 valence electrons. The summed E-state index contributed by atoms with van der Waals surface area (Å²) in [4.78, 5) is 11.3. The predicted octanol–water partition coefficient (Wildman–Crippen LogP) is 1.97. The fourth-order valence-electron chi connectivity index (χ4n) is 2.19. The first kappa shape index (κ1) is 18.6. The summed E-state index contributed by atoms with van der Waals surface area (Å²) in [7, 11) is 1.68. The molecule has 0 aromatic carbocycles. The quantitative estimate of drug-likeness (QED) is 0.408. The van der Waals surface area contributed by atoms with Crippen LogP contribution < -0.4 is 16.0 Å². The normalized spacial score (nSPS) is 18.5. The monoisotopic (exact) mass is 362 g/mol. The summed E-state index contributed by atoms with van der Waals surface area (Å²) in [6.45, 7) is 1.71. The van der Waals surface area contributed by atoms with Crippen molar-refractivity contribution < 1.29 is 13.2 Å². The number of alkyl halides is 3. The molecule has 0 saturated carbocycles. The molecule has 0 bridgehead atoms. The van der Waals surface area contributed by atoms with Gasteiger partial charge in [-0.1, -0.05) is 0 Å². The molecule has 1 fully saturated rings. The Balaban J connectivity index is 1.69. The summed E-state index contributed by atoms with van der Waals surface area (Å²) in [6, 6.07) is 0.843. The number of rotatable bonds is 6. The van der Waals surface area contributed by atoms with Gasteiger partial charge in [0, 0.05) is 38.1 Å². The molecule has 1 aliphatic rings. The lowest BCUT2D eigenvalue weighted by molar-refractivity contribution is -0.141. The fraction of sp³-hybridized carbons (Fsp3) is 0.643. The third-order valence-corrected chi connectivity index (χ3v) is 4.79. The summed E-state index contributed by atoms with van der Waals surface area (Å²) in [6.07, 6.45) is -0.916. The molecule has 0 amide bonds. The van der Waals surface area contributed by atoms with E-state index in [0.717, 1.165) is 18.8 Å². The first-order valence-corrected chi connectivity index (χ1v) is 8.74. The van der Waals surface area contributed by atoms with Crippen LogP contribution in [0.5, 0.6) is 0 Å². The number of thioether (sulfide) groups is 1. The zero-order chi connectivity index (χ0) is 17.4. The van der Waals surface area contributed by atoms with Gasteiger partial charge in [-0.15, -0.1) is 0 Å². The molecule has 6 nitrogen and oxygen atoms in total. The summed E-state index contributed by atoms with van der Waals surface area (Å²) >= 11 is 1.96. The Kier molecular flexibility index (Phi) is 6.95. The first-order valence-electron chi connectivity index (χ1n) is 7.69. The van der Waals surface area contributed by atoms with Gasteiger partial charge in [0.2, 0.25) is 5.95 Å². The number of nitrogens with zero attached hydrogens (tertiary/aromatic N) is 3. The van der Waals surface area contributed by atoms with E-state index in [1.165, 1.54) is 18.6 Å². The van der Waals surface area contributed by atoms with Crippen molar-refractivity contribution in [1.29, 1.82) is 0 Å². The van der Waals surface area contributed by atoms with Crippen LogP contribution in [0.15, 0.2) is 17.3 Å². The minimum absolute atomic E-state index is 0.0445. The molecule has 3 N–H and O–H groups in total. The minimum atomic E-state index is -4.47. The SMILES string of the molecule is CN=C(NCCNc1nccc(C(F)(F)F)n1)NCC1CCCS1. The van der Waals surface area contributed by atoms with Gasteiger partial charge in [0.25, 0.3) is 0 Å². The molecule has 1 aliphatic heterocycles. The van der Waals surface area contributed by atoms with E-state index in [-0.39, 0.29) is 5.95 Å². The number of halogens is 3. The molecule has 0 radical (unpaired) electrons. The van der Waals surface area contributed by atoms with Crippen LogP contribution in [-0.2, 0) is 6.18 Å². The van der Waals surface area contributed by atoms with E-state index in [9.17, 15) is 13.2 Å². The number of hydrogen-bond acceptors (Lipinski definition) is 5. The zero-order valence-corrected chi connectivity index (χ0v) is 14.2. The summed E-state index contributed by atoms with van der Waals surface area (Å²) < 4.78 is 37.7. The van der Waals surface area contributed by atoms with Gasteiger partial charge in [0.15, 0.2) is 5.96 Å². The summed E-state index contributed by atoms with van der Waals surface area (Å²) in [5, 5.41) is 9.72. The lowest BCUT2D eigenvalue weighted by Gasteiger charge is -2.15. The lowest BCUT2D eigenvalue weighted by atomic mass is 10.2. The van der Waals surface area contributed by atoms with Crippen molar-refractivity contribution in [3.05, 3.63) is 18.0 Å². The van der Waals surface area contributed by atoms with Crippen LogP contribution in [0.4, 0.5) is 19.1 Å². The van der Waals surface area contributed by atoms with Crippen molar-refractivity contribution >= 4 is 23.7 Å². The second-order valence-corrected chi connectivity index (χ2v) is 6.61. The molecule has 1 unspecified atom stereocenters. The van der Waals surface area contributed by atoms with Crippen molar-refractivity contribution in [2.75, 3.05) is 37.8 Å². The highest BCUT2D eigenvalue weighted by molar-refractivity contribution is 8.00. The van der Waals surface area contributed by atoms with Crippen LogP contribution in [0, 0.1) is 0 Å². The van der Waals surface area contributed by atoms with Crippen molar-refractivity contribution in [2.24, 2.45) is 4.99 Å². The van der Waals surface area contributed by atoms with Gasteiger partial charge in [-0.3, -0.25) is 4.99 Å². The molecule has 10 heteroatoms. The Hall–Kier alpha value is -1.71. The average Bonchev–Trinajstić information content (AvgIpc) is 3.07. The largest absolute Gasteiger partial charge is 0.433 e. The highest BCUT2D eigenvalue weighted by Crippen LogP contribution is 2.27. The van der Waals surface area contributed by atoms with Crippen LogP contribution in [0.1, 0.15) is 18.5 Å². The van der Waals surface area contributed by atoms with Crippen molar-refractivity contribution in [1.82, 2.24) is 20.6 Å². The zero-order valence-electron chi connectivity index (χ0n) is 13.4. The Morgan fingerprint density at radius 2 is 2.21 bits per heavy atom. The third kappa shape index (κ3) is 6.06. The fourth-order valence-corrected chi connectivity index (χ4v) is 3.39. The van der Waals surface area contributed by atoms with Crippen LogP contribution in [0.2, 0.25) is 0 Å². The van der Waals surface area contributed by atoms with E-state index in [1.54, 1.807) is 7.05 Å². The summed E-state index contributed by atoms with van der Waals surface area (Å²) in [5.74, 6) is 1.84. The van der Waals surface area contributed by atoms with Crippen LogP contribution in [0.25, 0.3) is 0 Å². The Morgan fingerprint density at radius 3 is 2.88 bits per heavy atom. The molecule has 1 saturated heterocycles. The molecule has 0 aliphatic carbocycles. The molecule has 2 heterocycles. The number of hydrogen-bond donors (Lipinski definition) is 3. The third-order valence-electron chi connectivity index (χ3n) is 3.39. The van der Waals surface area contributed by atoms with E-state index in [1.807, 2.05) is 11.8 Å². The van der Waals surface area contributed by atoms with Gasteiger partial charge in [0.05, 0.1) is 0 Å². The molecule has 1 atom stereocenters. The molecule has 1 aromatic rings. The van der Waals surface area contributed by atoms with Crippen LogP contribution >= 0.6 is 11.8 Å². The number of anilines is 1. The Labute approximate surface area is 143 Å².